The largest absolute Gasteiger partial charge is 0.493 e. The molecule has 0 unspecified atom stereocenters. The number of halogens is 1. The summed E-state index contributed by atoms with van der Waals surface area (Å²) in [6.07, 6.45) is 3.11. The number of carbonyl (C=O) groups is 1. The second-order valence-electron chi connectivity index (χ2n) is 5.41. The molecule has 0 radical (unpaired) electrons. The summed E-state index contributed by atoms with van der Waals surface area (Å²) in [5, 5.41) is 2.66. The molecule has 0 heterocycles. The van der Waals surface area contributed by atoms with Crippen LogP contribution < -0.4 is 14.8 Å². The van der Waals surface area contributed by atoms with E-state index in [-0.39, 0.29) is 17.8 Å². The standard InChI is InChI=1S/C19H20FNO3/c1-13(2)24-17-10-4-14(12-18(17)23-3)5-11-19(22)21-16-8-6-15(20)7-9-16/h4-13H,1-3H3,(H,21,22). The van der Waals surface area contributed by atoms with Gasteiger partial charge >= 0.3 is 0 Å². The van der Waals surface area contributed by atoms with Gasteiger partial charge in [0.2, 0.25) is 5.91 Å². The number of rotatable bonds is 6. The molecule has 126 valence electrons. The predicted octanol–water partition coefficient (Wildman–Crippen LogP) is 4.27. The van der Waals surface area contributed by atoms with Crippen LogP contribution in [-0.2, 0) is 4.79 Å². The topological polar surface area (TPSA) is 47.6 Å². The van der Waals surface area contributed by atoms with E-state index in [9.17, 15) is 9.18 Å². The molecule has 0 aliphatic rings. The summed E-state index contributed by atoms with van der Waals surface area (Å²) >= 11 is 0. The van der Waals surface area contributed by atoms with Gasteiger partial charge in [-0.25, -0.2) is 4.39 Å². The number of methoxy groups -OCH3 is 1. The molecule has 0 aliphatic carbocycles. The summed E-state index contributed by atoms with van der Waals surface area (Å²) < 4.78 is 23.8. The molecular weight excluding hydrogens is 309 g/mol. The lowest BCUT2D eigenvalue weighted by Crippen LogP contribution is -2.07. The molecule has 5 heteroatoms. The summed E-state index contributed by atoms with van der Waals surface area (Å²) in [4.78, 5) is 11.9. The van der Waals surface area contributed by atoms with Gasteiger partial charge in [0.25, 0.3) is 0 Å². The van der Waals surface area contributed by atoms with Gasteiger partial charge in [-0.05, 0) is 61.9 Å². The van der Waals surface area contributed by atoms with E-state index in [0.717, 1.165) is 5.56 Å². The molecule has 1 N–H and O–H groups in total. The Morgan fingerprint density at radius 3 is 2.46 bits per heavy atom. The van der Waals surface area contributed by atoms with Gasteiger partial charge in [0.05, 0.1) is 13.2 Å². The van der Waals surface area contributed by atoms with E-state index < -0.39 is 0 Å². The molecule has 0 spiro atoms. The molecule has 0 aliphatic heterocycles. The number of carbonyl (C=O) groups excluding carboxylic acids is 1. The Hall–Kier alpha value is -2.82. The fourth-order valence-corrected chi connectivity index (χ4v) is 2.03. The Kier molecular flexibility index (Phi) is 5.95. The first-order chi connectivity index (χ1) is 11.5. The minimum absolute atomic E-state index is 0.0433. The highest BCUT2D eigenvalue weighted by molar-refractivity contribution is 6.01. The maximum atomic E-state index is 12.8. The van der Waals surface area contributed by atoms with Crippen molar-refractivity contribution in [2.45, 2.75) is 20.0 Å². The molecule has 0 bridgehead atoms. The molecule has 4 nitrogen and oxygen atoms in total. The van der Waals surface area contributed by atoms with Crippen molar-refractivity contribution in [3.63, 3.8) is 0 Å². The highest BCUT2D eigenvalue weighted by atomic mass is 19.1. The summed E-state index contributed by atoms with van der Waals surface area (Å²) in [6.45, 7) is 3.88. The lowest BCUT2D eigenvalue weighted by atomic mass is 10.2. The van der Waals surface area contributed by atoms with E-state index in [1.54, 1.807) is 25.3 Å². The molecule has 2 rings (SSSR count). The number of hydrogen-bond acceptors (Lipinski definition) is 3. The van der Waals surface area contributed by atoms with Gasteiger partial charge in [0.15, 0.2) is 11.5 Å². The zero-order chi connectivity index (χ0) is 17.5. The average Bonchev–Trinajstić information content (AvgIpc) is 2.55. The Morgan fingerprint density at radius 2 is 1.83 bits per heavy atom. The fraction of sp³-hybridized carbons (Fsp3) is 0.211. The Balaban J connectivity index is 2.05. The fourth-order valence-electron chi connectivity index (χ4n) is 2.03. The molecule has 0 fully saturated rings. The van der Waals surface area contributed by atoms with Crippen LogP contribution in [-0.4, -0.2) is 19.1 Å². The van der Waals surface area contributed by atoms with Crippen molar-refractivity contribution in [2.24, 2.45) is 0 Å². The molecule has 24 heavy (non-hydrogen) atoms. The average molecular weight is 329 g/mol. The Bertz CT molecular complexity index is 724. The second kappa shape index (κ2) is 8.15. The van der Waals surface area contributed by atoms with Crippen LogP contribution in [0.15, 0.2) is 48.5 Å². The number of hydrogen-bond donors (Lipinski definition) is 1. The highest BCUT2D eigenvalue weighted by Crippen LogP contribution is 2.29. The van der Waals surface area contributed by atoms with Crippen LogP contribution in [0.25, 0.3) is 6.08 Å². The van der Waals surface area contributed by atoms with E-state index >= 15 is 0 Å². The molecule has 0 saturated carbocycles. The van der Waals surface area contributed by atoms with E-state index in [1.807, 2.05) is 19.9 Å². The monoisotopic (exact) mass is 329 g/mol. The van der Waals surface area contributed by atoms with Crippen molar-refractivity contribution in [3.8, 4) is 11.5 Å². The number of ether oxygens (including phenoxy) is 2. The molecule has 0 atom stereocenters. The SMILES string of the molecule is COc1cc(C=CC(=O)Nc2ccc(F)cc2)ccc1OC(C)C. The maximum absolute atomic E-state index is 12.8. The van der Waals surface area contributed by atoms with Crippen LogP contribution in [0.4, 0.5) is 10.1 Å². The van der Waals surface area contributed by atoms with E-state index in [1.165, 1.54) is 30.3 Å². The Labute approximate surface area is 140 Å². The van der Waals surface area contributed by atoms with Crippen LogP contribution in [0.5, 0.6) is 11.5 Å². The molecular formula is C19H20FNO3. The summed E-state index contributed by atoms with van der Waals surface area (Å²) in [7, 11) is 1.57. The minimum Gasteiger partial charge on any atom is -0.493 e. The van der Waals surface area contributed by atoms with E-state index in [0.29, 0.717) is 17.2 Å². The summed E-state index contributed by atoms with van der Waals surface area (Å²) in [5.41, 5.74) is 1.33. The lowest BCUT2D eigenvalue weighted by Gasteiger charge is -2.13. The first-order valence-electron chi connectivity index (χ1n) is 7.57. The Morgan fingerprint density at radius 1 is 1.12 bits per heavy atom. The van der Waals surface area contributed by atoms with Gasteiger partial charge in [-0.2, -0.15) is 0 Å². The second-order valence-corrected chi connectivity index (χ2v) is 5.41. The first kappa shape index (κ1) is 17.5. The van der Waals surface area contributed by atoms with Gasteiger partial charge in [-0.3, -0.25) is 4.79 Å². The third-order valence-corrected chi connectivity index (χ3v) is 3.09. The zero-order valence-electron chi connectivity index (χ0n) is 13.9. The smallest absolute Gasteiger partial charge is 0.248 e. The van der Waals surface area contributed by atoms with Crippen LogP contribution in [0.2, 0.25) is 0 Å². The quantitative estimate of drug-likeness (QED) is 0.805. The van der Waals surface area contributed by atoms with Gasteiger partial charge in [0.1, 0.15) is 5.82 Å². The van der Waals surface area contributed by atoms with Crippen molar-refractivity contribution >= 4 is 17.7 Å². The maximum Gasteiger partial charge on any atom is 0.248 e. The third kappa shape index (κ3) is 5.12. The van der Waals surface area contributed by atoms with Gasteiger partial charge in [-0.1, -0.05) is 6.07 Å². The number of benzene rings is 2. The molecule has 0 aromatic heterocycles. The summed E-state index contributed by atoms with van der Waals surface area (Å²) in [5.74, 6) is 0.604. The molecule has 2 aromatic carbocycles. The molecule has 1 amide bonds. The molecule has 0 saturated heterocycles. The number of nitrogens with one attached hydrogen (secondary N) is 1. The van der Waals surface area contributed by atoms with E-state index in [2.05, 4.69) is 5.32 Å². The number of anilines is 1. The van der Waals surface area contributed by atoms with Crippen LogP contribution in [0.1, 0.15) is 19.4 Å². The first-order valence-corrected chi connectivity index (χ1v) is 7.57. The normalized spacial score (nSPS) is 10.9. The van der Waals surface area contributed by atoms with Crippen LogP contribution in [0, 0.1) is 5.82 Å². The predicted molar refractivity (Wildman–Crippen MR) is 92.8 cm³/mol. The van der Waals surface area contributed by atoms with Crippen LogP contribution >= 0.6 is 0 Å². The van der Waals surface area contributed by atoms with Crippen molar-refractivity contribution in [2.75, 3.05) is 12.4 Å². The highest BCUT2D eigenvalue weighted by Gasteiger charge is 2.06. The van der Waals surface area contributed by atoms with Gasteiger partial charge < -0.3 is 14.8 Å². The molecule has 2 aromatic rings. The number of amides is 1. The summed E-state index contributed by atoms with van der Waals surface area (Å²) in [6, 6.07) is 11.0. The zero-order valence-corrected chi connectivity index (χ0v) is 13.9. The van der Waals surface area contributed by atoms with E-state index in [4.69, 9.17) is 9.47 Å². The third-order valence-electron chi connectivity index (χ3n) is 3.09. The van der Waals surface area contributed by atoms with Gasteiger partial charge in [0, 0.05) is 11.8 Å². The van der Waals surface area contributed by atoms with Crippen molar-refractivity contribution < 1.29 is 18.7 Å². The van der Waals surface area contributed by atoms with Gasteiger partial charge in [-0.15, -0.1) is 0 Å². The van der Waals surface area contributed by atoms with Crippen molar-refractivity contribution in [1.82, 2.24) is 0 Å². The minimum atomic E-state index is -0.348. The van der Waals surface area contributed by atoms with Crippen molar-refractivity contribution in [1.29, 1.82) is 0 Å². The van der Waals surface area contributed by atoms with Crippen LogP contribution in [0.3, 0.4) is 0 Å². The lowest BCUT2D eigenvalue weighted by molar-refractivity contribution is -0.111. The van der Waals surface area contributed by atoms with Crippen molar-refractivity contribution in [3.05, 3.63) is 59.9 Å².